The predicted octanol–water partition coefficient (Wildman–Crippen LogP) is 2.91. The smallest absolute Gasteiger partial charge is 0.310 e. The molecule has 226 valence electrons. The molecule has 0 aliphatic carbocycles. The Morgan fingerprint density at radius 3 is 2.70 bits per heavy atom. The third-order valence-electron chi connectivity index (χ3n) is 9.28. The van der Waals surface area contributed by atoms with Crippen LogP contribution in [0, 0.1) is 17.8 Å². The molecule has 3 unspecified atom stereocenters. The molecule has 43 heavy (non-hydrogen) atoms. The van der Waals surface area contributed by atoms with E-state index >= 15 is 0 Å². The van der Waals surface area contributed by atoms with Gasteiger partial charge in [0.05, 0.1) is 41.4 Å². The van der Waals surface area contributed by atoms with Gasteiger partial charge in [0.15, 0.2) is 0 Å². The fourth-order valence-corrected chi connectivity index (χ4v) is 9.90. The summed E-state index contributed by atoms with van der Waals surface area (Å²) in [6.45, 7) is 7.95. The molecule has 0 saturated carbocycles. The number of carbonyl (C=O) groups excluding carboxylic acids is 3. The SMILES string of the molecule is C=CCN(Cn1nnc2ccccc21)C(=O)C1N([C@@H](CO)Cc2ccccc2)C(=O)[C@@H]2[C@@H](C(=O)OCC)[C@H]3CC(C)C12S3. The molecule has 3 aliphatic rings. The van der Waals surface area contributed by atoms with Gasteiger partial charge in [-0.05, 0) is 43.4 Å². The molecule has 11 heteroatoms. The first-order valence-corrected chi connectivity index (χ1v) is 15.7. The van der Waals surface area contributed by atoms with Crippen LogP contribution in [0.15, 0.2) is 67.3 Å². The number of amides is 2. The molecule has 2 bridgehead atoms. The molecule has 1 N–H and O–H groups in total. The van der Waals surface area contributed by atoms with Gasteiger partial charge in [-0.3, -0.25) is 14.4 Å². The molecule has 6 rings (SSSR count). The largest absolute Gasteiger partial charge is 0.466 e. The lowest BCUT2D eigenvalue weighted by Crippen LogP contribution is -2.59. The number of esters is 1. The van der Waals surface area contributed by atoms with E-state index in [0.717, 1.165) is 11.1 Å². The van der Waals surface area contributed by atoms with Crippen LogP contribution in [0.25, 0.3) is 11.0 Å². The maximum absolute atomic E-state index is 14.9. The molecule has 3 aromatic rings. The Labute approximate surface area is 255 Å². The Hall–Kier alpha value is -3.70. The summed E-state index contributed by atoms with van der Waals surface area (Å²) in [5.41, 5.74) is 2.44. The molecule has 4 heterocycles. The standard InChI is InChI=1S/C32H37N5O5S/c1-4-15-35(19-36-24-14-10-9-13-23(24)33-34-36)30(40)28-32-20(3)16-25(43-32)26(31(41)42-5-2)27(32)29(39)37(28)22(18-38)17-21-11-7-6-8-12-21/h4,6-14,20,22,25-28,38H,1,5,15-19H2,2-3H3/t20?,22-,25-,26+,27+,28?,32?/m1/s1. The Balaban J connectivity index is 1.44. The number of thioether (sulfide) groups is 1. The minimum Gasteiger partial charge on any atom is -0.466 e. The average Bonchev–Trinajstić information content (AvgIpc) is 3.73. The second-order valence-electron chi connectivity index (χ2n) is 11.6. The zero-order chi connectivity index (χ0) is 30.3. The van der Waals surface area contributed by atoms with Crippen LogP contribution in [-0.4, -0.2) is 89.5 Å². The van der Waals surface area contributed by atoms with E-state index < -0.39 is 28.7 Å². The molecular weight excluding hydrogens is 566 g/mol. The number of ether oxygens (including phenoxy) is 1. The molecule has 1 spiro atoms. The Morgan fingerprint density at radius 2 is 1.98 bits per heavy atom. The number of benzene rings is 2. The fourth-order valence-electron chi connectivity index (χ4n) is 7.51. The van der Waals surface area contributed by atoms with Crippen molar-refractivity contribution in [3.05, 3.63) is 72.8 Å². The summed E-state index contributed by atoms with van der Waals surface area (Å²) in [6.07, 6.45) is 2.73. The zero-order valence-corrected chi connectivity index (χ0v) is 25.2. The van der Waals surface area contributed by atoms with Gasteiger partial charge in [-0.15, -0.1) is 23.4 Å². The Kier molecular flexibility index (Phi) is 8.04. The quantitative estimate of drug-likeness (QED) is 0.263. The number of likely N-dealkylation sites (tertiary alicyclic amines) is 1. The van der Waals surface area contributed by atoms with Crippen molar-refractivity contribution in [3.8, 4) is 0 Å². The Bertz CT molecular complexity index is 1530. The third kappa shape index (κ3) is 4.73. The first kappa shape index (κ1) is 29.4. The predicted molar refractivity (Wildman–Crippen MR) is 163 cm³/mol. The van der Waals surface area contributed by atoms with E-state index in [1.165, 1.54) is 0 Å². The van der Waals surface area contributed by atoms with Gasteiger partial charge in [0.1, 0.15) is 18.2 Å². The van der Waals surface area contributed by atoms with Crippen molar-refractivity contribution in [2.45, 2.75) is 55.4 Å². The highest BCUT2D eigenvalue weighted by atomic mass is 32.2. The number of carbonyl (C=O) groups is 3. The maximum Gasteiger partial charge on any atom is 0.310 e. The summed E-state index contributed by atoms with van der Waals surface area (Å²) in [7, 11) is 0. The summed E-state index contributed by atoms with van der Waals surface area (Å²) in [4.78, 5) is 46.1. The van der Waals surface area contributed by atoms with Crippen molar-refractivity contribution < 1.29 is 24.2 Å². The third-order valence-corrected chi connectivity index (χ3v) is 11.4. The van der Waals surface area contributed by atoms with Crippen molar-refractivity contribution in [3.63, 3.8) is 0 Å². The zero-order valence-electron chi connectivity index (χ0n) is 24.4. The van der Waals surface area contributed by atoms with Gasteiger partial charge in [0.25, 0.3) is 0 Å². The van der Waals surface area contributed by atoms with Gasteiger partial charge in [-0.2, -0.15) is 0 Å². The molecule has 3 fully saturated rings. The molecule has 3 saturated heterocycles. The Morgan fingerprint density at radius 1 is 1.23 bits per heavy atom. The highest BCUT2D eigenvalue weighted by molar-refractivity contribution is 8.02. The van der Waals surface area contributed by atoms with Crippen LogP contribution in [0.2, 0.25) is 0 Å². The molecule has 7 atom stereocenters. The highest BCUT2D eigenvalue weighted by Crippen LogP contribution is 2.69. The van der Waals surface area contributed by atoms with Gasteiger partial charge in [-0.25, -0.2) is 4.68 Å². The summed E-state index contributed by atoms with van der Waals surface area (Å²) in [5.74, 6) is -2.29. The van der Waals surface area contributed by atoms with Crippen LogP contribution in [0.3, 0.4) is 0 Å². The number of fused-ring (bicyclic) bond motifs is 2. The van der Waals surface area contributed by atoms with Crippen molar-refractivity contribution in [2.24, 2.45) is 17.8 Å². The summed E-state index contributed by atoms with van der Waals surface area (Å²) >= 11 is 1.59. The molecular formula is C32H37N5O5S. The van der Waals surface area contributed by atoms with E-state index in [0.29, 0.717) is 18.4 Å². The lowest BCUT2D eigenvalue weighted by atomic mass is 9.66. The number of aromatic nitrogens is 3. The van der Waals surface area contributed by atoms with E-state index in [2.05, 4.69) is 23.8 Å². The van der Waals surface area contributed by atoms with Crippen LogP contribution >= 0.6 is 11.8 Å². The van der Waals surface area contributed by atoms with Crippen LogP contribution in [0.5, 0.6) is 0 Å². The van der Waals surface area contributed by atoms with E-state index in [1.54, 1.807) is 39.2 Å². The van der Waals surface area contributed by atoms with Crippen molar-refractivity contribution in [1.82, 2.24) is 24.8 Å². The summed E-state index contributed by atoms with van der Waals surface area (Å²) in [6, 6.07) is 15.6. The van der Waals surface area contributed by atoms with Gasteiger partial charge in [0, 0.05) is 11.8 Å². The molecule has 2 amide bonds. The van der Waals surface area contributed by atoms with Crippen LogP contribution in [-0.2, 0) is 32.2 Å². The normalized spacial score (nSPS) is 28.2. The molecule has 0 radical (unpaired) electrons. The second kappa shape index (κ2) is 11.8. The first-order chi connectivity index (χ1) is 20.8. The minimum absolute atomic E-state index is 0.0186. The average molecular weight is 604 g/mol. The maximum atomic E-state index is 14.9. The van der Waals surface area contributed by atoms with Crippen LogP contribution in [0.1, 0.15) is 25.8 Å². The van der Waals surface area contributed by atoms with E-state index in [4.69, 9.17) is 4.74 Å². The van der Waals surface area contributed by atoms with Crippen molar-refractivity contribution in [2.75, 3.05) is 19.8 Å². The van der Waals surface area contributed by atoms with E-state index in [9.17, 15) is 19.5 Å². The molecule has 2 aromatic carbocycles. The molecule has 10 nitrogen and oxygen atoms in total. The van der Waals surface area contributed by atoms with Crippen LogP contribution in [0.4, 0.5) is 0 Å². The molecule has 1 aromatic heterocycles. The topological polar surface area (TPSA) is 118 Å². The fraction of sp³-hybridized carbons (Fsp3) is 0.469. The van der Waals surface area contributed by atoms with E-state index in [1.807, 2.05) is 54.6 Å². The van der Waals surface area contributed by atoms with E-state index in [-0.39, 0.29) is 55.4 Å². The number of para-hydroxylation sites is 1. The lowest BCUT2D eigenvalue weighted by molar-refractivity contribution is -0.154. The van der Waals surface area contributed by atoms with Gasteiger partial charge in [0.2, 0.25) is 11.8 Å². The highest BCUT2D eigenvalue weighted by Gasteiger charge is 2.77. The van der Waals surface area contributed by atoms with Gasteiger partial charge >= 0.3 is 5.97 Å². The van der Waals surface area contributed by atoms with Crippen LogP contribution < -0.4 is 0 Å². The number of aliphatic hydroxyl groups excluding tert-OH is 1. The van der Waals surface area contributed by atoms with Gasteiger partial charge in [-0.1, -0.05) is 60.7 Å². The number of rotatable bonds is 11. The summed E-state index contributed by atoms with van der Waals surface area (Å²) in [5, 5.41) is 19.2. The molecule has 3 aliphatic heterocycles. The number of hydrogen-bond donors (Lipinski definition) is 1. The minimum atomic E-state index is -0.898. The van der Waals surface area contributed by atoms with Crippen molar-refractivity contribution >= 4 is 40.6 Å². The number of hydrogen-bond acceptors (Lipinski definition) is 8. The van der Waals surface area contributed by atoms with Crippen molar-refractivity contribution in [1.29, 1.82) is 0 Å². The second-order valence-corrected chi connectivity index (χ2v) is 13.2. The number of aliphatic hydroxyl groups is 1. The monoisotopic (exact) mass is 603 g/mol. The summed E-state index contributed by atoms with van der Waals surface area (Å²) < 4.78 is 6.31. The van der Waals surface area contributed by atoms with Gasteiger partial charge < -0.3 is 19.6 Å². The lowest BCUT2D eigenvalue weighted by Gasteiger charge is -2.42. The number of nitrogens with zero attached hydrogens (tertiary/aromatic N) is 5. The first-order valence-electron chi connectivity index (χ1n) is 14.8.